The Morgan fingerprint density at radius 1 is 1.16 bits per heavy atom. The van der Waals surface area contributed by atoms with Gasteiger partial charge in [-0.05, 0) is 47.4 Å². The van der Waals surface area contributed by atoms with Crippen molar-refractivity contribution in [2.75, 3.05) is 33.4 Å². The molecule has 3 rings (SSSR count). The topological polar surface area (TPSA) is 63.5 Å². The predicted molar refractivity (Wildman–Crippen MR) is 127 cm³/mol. The number of hydrogen-bond acceptors (Lipinski definition) is 6. The van der Waals surface area contributed by atoms with Gasteiger partial charge in [0.15, 0.2) is 0 Å². The highest BCUT2D eigenvalue weighted by Crippen LogP contribution is 2.22. The molecule has 6 nitrogen and oxygen atoms in total. The standard InChI is InChI=1S/C25H33ClN2O4/c1-18(2)16-31-17-21(29)14-28(13-20-6-4-5-7-24(20)26)15-23-12-25(27-32-23)19-8-10-22(30-3)11-9-19/h4-11,18,21,23,29H,12-17H2,1-3H3/t21-,23-/m1/s1. The second kappa shape index (κ2) is 12.2. The Bertz CT molecular complexity index is 873. The molecule has 0 saturated heterocycles. The van der Waals surface area contributed by atoms with Crippen LogP contribution in [0, 0.1) is 5.92 Å². The van der Waals surface area contributed by atoms with Crippen molar-refractivity contribution in [2.24, 2.45) is 11.1 Å². The first-order valence-corrected chi connectivity index (χ1v) is 11.4. The van der Waals surface area contributed by atoms with E-state index in [0.29, 0.717) is 50.2 Å². The Morgan fingerprint density at radius 3 is 2.59 bits per heavy atom. The van der Waals surface area contributed by atoms with Crippen molar-refractivity contribution < 1.29 is 19.4 Å². The number of methoxy groups -OCH3 is 1. The van der Waals surface area contributed by atoms with Crippen molar-refractivity contribution >= 4 is 17.3 Å². The zero-order chi connectivity index (χ0) is 22.9. The van der Waals surface area contributed by atoms with Crippen LogP contribution < -0.4 is 4.74 Å². The van der Waals surface area contributed by atoms with E-state index in [1.54, 1.807) is 7.11 Å². The molecule has 0 amide bonds. The minimum absolute atomic E-state index is 0.0987. The summed E-state index contributed by atoms with van der Waals surface area (Å²) >= 11 is 6.39. The maximum absolute atomic E-state index is 10.6. The quantitative estimate of drug-likeness (QED) is 0.509. The van der Waals surface area contributed by atoms with Crippen LogP contribution in [0.25, 0.3) is 0 Å². The molecule has 0 unspecified atom stereocenters. The highest BCUT2D eigenvalue weighted by molar-refractivity contribution is 6.31. The van der Waals surface area contributed by atoms with Gasteiger partial charge < -0.3 is 19.4 Å². The number of benzene rings is 2. The minimum Gasteiger partial charge on any atom is -0.497 e. The molecule has 0 spiro atoms. The predicted octanol–water partition coefficient (Wildman–Crippen LogP) is 4.38. The second-order valence-electron chi connectivity index (χ2n) is 8.57. The van der Waals surface area contributed by atoms with E-state index in [1.807, 2.05) is 48.5 Å². The lowest BCUT2D eigenvalue weighted by Gasteiger charge is -2.27. The lowest BCUT2D eigenvalue weighted by atomic mass is 10.0. The molecule has 1 N–H and O–H groups in total. The summed E-state index contributed by atoms with van der Waals surface area (Å²) in [5.74, 6) is 1.24. The molecule has 2 aromatic carbocycles. The van der Waals surface area contributed by atoms with E-state index in [2.05, 4.69) is 23.9 Å². The van der Waals surface area contributed by atoms with E-state index in [-0.39, 0.29) is 6.10 Å². The smallest absolute Gasteiger partial charge is 0.145 e. The van der Waals surface area contributed by atoms with Gasteiger partial charge in [-0.2, -0.15) is 0 Å². The number of nitrogens with zero attached hydrogens (tertiary/aromatic N) is 2. The molecule has 0 fully saturated rings. The third-order valence-corrected chi connectivity index (χ3v) is 5.57. The van der Waals surface area contributed by atoms with E-state index >= 15 is 0 Å². The fraction of sp³-hybridized carbons (Fsp3) is 0.480. The maximum Gasteiger partial charge on any atom is 0.145 e. The number of aliphatic hydroxyl groups is 1. The summed E-state index contributed by atoms with van der Waals surface area (Å²) < 4.78 is 10.9. The average molecular weight is 461 g/mol. The van der Waals surface area contributed by atoms with Crippen molar-refractivity contribution in [3.05, 3.63) is 64.7 Å². The number of oxime groups is 1. The van der Waals surface area contributed by atoms with Crippen LogP contribution in [-0.2, 0) is 16.1 Å². The normalized spacial score (nSPS) is 16.8. The van der Waals surface area contributed by atoms with Crippen LogP contribution in [0.4, 0.5) is 0 Å². The molecule has 1 aliphatic heterocycles. The summed E-state index contributed by atoms with van der Waals surface area (Å²) in [7, 11) is 1.65. The van der Waals surface area contributed by atoms with Crippen LogP contribution in [-0.4, -0.2) is 61.3 Å². The van der Waals surface area contributed by atoms with E-state index in [9.17, 15) is 5.11 Å². The van der Waals surface area contributed by atoms with Crippen LogP contribution in [0.1, 0.15) is 31.4 Å². The van der Waals surface area contributed by atoms with Gasteiger partial charge in [-0.15, -0.1) is 0 Å². The molecule has 0 aliphatic carbocycles. The summed E-state index contributed by atoms with van der Waals surface area (Å²) in [5.41, 5.74) is 2.95. The first-order chi connectivity index (χ1) is 15.4. The minimum atomic E-state index is -0.598. The number of hydrogen-bond donors (Lipinski definition) is 1. The van der Waals surface area contributed by atoms with Gasteiger partial charge in [0.1, 0.15) is 11.9 Å². The summed E-state index contributed by atoms with van der Waals surface area (Å²) in [6.45, 7) is 6.81. The zero-order valence-corrected chi connectivity index (χ0v) is 19.8. The van der Waals surface area contributed by atoms with Crippen LogP contribution >= 0.6 is 11.6 Å². The fourth-order valence-electron chi connectivity index (χ4n) is 3.63. The molecular weight excluding hydrogens is 428 g/mol. The molecule has 1 heterocycles. The zero-order valence-electron chi connectivity index (χ0n) is 19.0. The van der Waals surface area contributed by atoms with Gasteiger partial charge in [0, 0.05) is 37.7 Å². The van der Waals surface area contributed by atoms with Crippen molar-refractivity contribution in [1.29, 1.82) is 0 Å². The van der Waals surface area contributed by atoms with Gasteiger partial charge in [0.05, 0.1) is 25.5 Å². The molecule has 2 aromatic rings. The van der Waals surface area contributed by atoms with Crippen molar-refractivity contribution in [2.45, 2.75) is 39.0 Å². The molecule has 0 bridgehead atoms. The summed E-state index contributed by atoms with van der Waals surface area (Å²) in [5, 5.41) is 15.6. The number of rotatable bonds is 12. The van der Waals surface area contributed by atoms with Crippen LogP contribution in [0.5, 0.6) is 5.75 Å². The van der Waals surface area contributed by atoms with Crippen molar-refractivity contribution in [3.8, 4) is 5.75 Å². The van der Waals surface area contributed by atoms with Gasteiger partial charge in [-0.1, -0.05) is 48.8 Å². The molecule has 0 aromatic heterocycles. The van der Waals surface area contributed by atoms with Gasteiger partial charge in [0.25, 0.3) is 0 Å². The molecule has 174 valence electrons. The molecular formula is C25H33ClN2O4. The second-order valence-corrected chi connectivity index (χ2v) is 8.98. The van der Waals surface area contributed by atoms with Gasteiger partial charge in [-0.25, -0.2) is 0 Å². The van der Waals surface area contributed by atoms with Gasteiger partial charge >= 0.3 is 0 Å². The lowest BCUT2D eigenvalue weighted by molar-refractivity contribution is -0.00734. The first kappa shape index (κ1) is 24.5. The Labute approximate surface area is 195 Å². The van der Waals surface area contributed by atoms with Crippen molar-refractivity contribution in [3.63, 3.8) is 0 Å². The average Bonchev–Trinajstić information content (AvgIpc) is 3.23. The molecule has 2 atom stereocenters. The van der Waals surface area contributed by atoms with Crippen molar-refractivity contribution in [1.82, 2.24) is 4.90 Å². The van der Waals surface area contributed by atoms with Crippen LogP contribution in [0.2, 0.25) is 5.02 Å². The Balaban J connectivity index is 1.61. The SMILES string of the molecule is COc1ccc(C2=NO[C@@H](CN(Cc3ccccc3Cl)C[C@@H](O)COCC(C)C)C2)cc1. The fourth-order valence-corrected chi connectivity index (χ4v) is 3.83. The summed E-state index contributed by atoms with van der Waals surface area (Å²) in [4.78, 5) is 7.89. The molecule has 0 saturated carbocycles. The van der Waals surface area contributed by atoms with E-state index in [0.717, 1.165) is 22.6 Å². The van der Waals surface area contributed by atoms with Gasteiger partial charge in [0.2, 0.25) is 0 Å². The molecule has 0 radical (unpaired) electrons. The van der Waals surface area contributed by atoms with Crippen LogP contribution in [0.3, 0.4) is 0 Å². The summed E-state index contributed by atoms with van der Waals surface area (Å²) in [6, 6.07) is 15.6. The highest BCUT2D eigenvalue weighted by atomic mass is 35.5. The van der Waals surface area contributed by atoms with Gasteiger partial charge in [-0.3, -0.25) is 4.90 Å². The van der Waals surface area contributed by atoms with E-state index in [4.69, 9.17) is 25.9 Å². The lowest BCUT2D eigenvalue weighted by Crippen LogP contribution is -2.39. The molecule has 32 heavy (non-hydrogen) atoms. The number of aliphatic hydroxyl groups excluding tert-OH is 1. The number of ether oxygens (including phenoxy) is 2. The third-order valence-electron chi connectivity index (χ3n) is 5.20. The highest BCUT2D eigenvalue weighted by Gasteiger charge is 2.26. The Kier molecular flexibility index (Phi) is 9.36. The first-order valence-electron chi connectivity index (χ1n) is 11.0. The van der Waals surface area contributed by atoms with E-state index < -0.39 is 6.10 Å². The largest absolute Gasteiger partial charge is 0.497 e. The van der Waals surface area contributed by atoms with Crippen LogP contribution in [0.15, 0.2) is 53.7 Å². The molecule has 7 heteroatoms. The van der Waals surface area contributed by atoms with E-state index in [1.165, 1.54) is 0 Å². The Hall–Kier alpha value is -2.12. The monoisotopic (exact) mass is 460 g/mol. The maximum atomic E-state index is 10.6. The summed E-state index contributed by atoms with van der Waals surface area (Å²) in [6.07, 6.45) is 0.00339. The molecule has 1 aliphatic rings. The Morgan fingerprint density at radius 2 is 1.91 bits per heavy atom. The number of halogens is 1. The third kappa shape index (κ3) is 7.48.